The number of non-ortho nitro benzene ring substituents is 1. The molecule has 0 spiro atoms. The zero-order valence-electron chi connectivity index (χ0n) is 11.6. The number of hydrogen-bond donors (Lipinski definition) is 0. The fourth-order valence-electron chi connectivity index (χ4n) is 1.87. The number of benzene rings is 2. The highest BCUT2D eigenvalue weighted by molar-refractivity contribution is 7.99. The second-order valence-electron chi connectivity index (χ2n) is 4.53. The highest BCUT2D eigenvalue weighted by Crippen LogP contribution is 2.40. The minimum absolute atomic E-state index is 0.0820. The molecule has 2 aromatic carbocycles. The summed E-state index contributed by atoms with van der Waals surface area (Å²) < 4.78 is 39.4. The molecule has 0 aliphatic rings. The molecule has 116 valence electrons. The van der Waals surface area contributed by atoms with Gasteiger partial charge in [-0.15, -0.1) is 0 Å². The van der Waals surface area contributed by atoms with Crippen LogP contribution in [0.1, 0.15) is 18.1 Å². The summed E-state index contributed by atoms with van der Waals surface area (Å²) in [7, 11) is 0. The van der Waals surface area contributed by atoms with E-state index >= 15 is 0 Å². The first-order valence-corrected chi connectivity index (χ1v) is 7.25. The van der Waals surface area contributed by atoms with Crippen LogP contribution in [0.2, 0.25) is 0 Å². The zero-order chi connectivity index (χ0) is 16.3. The molecule has 0 atom stereocenters. The monoisotopic (exact) mass is 327 g/mol. The van der Waals surface area contributed by atoms with Crippen LogP contribution in [0.25, 0.3) is 0 Å². The van der Waals surface area contributed by atoms with Crippen molar-refractivity contribution in [1.29, 1.82) is 0 Å². The molecular formula is C15H12F3NO2S. The van der Waals surface area contributed by atoms with E-state index in [1.807, 2.05) is 0 Å². The third kappa shape index (κ3) is 3.79. The van der Waals surface area contributed by atoms with Gasteiger partial charge in [-0.3, -0.25) is 10.1 Å². The number of aryl methyl sites for hydroxylation is 1. The topological polar surface area (TPSA) is 43.1 Å². The summed E-state index contributed by atoms with van der Waals surface area (Å²) in [6.07, 6.45) is -3.92. The van der Waals surface area contributed by atoms with Crippen LogP contribution >= 0.6 is 11.8 Å². The molecule has 0 amide bonds. The quantitative estimate of drug-likeness (QED) is 0.563. The predicted molar refractivity (Wildman–Crippen MR) is 78.0 cm³/mol. The third-order valence-electron chi connectivity index (χ3n) is 3.03. The van der Waals surface area contributed by atoms with Gasteiger partial charge in [0.15, 0.2) is 0 Å². The van der Waals surface area contributed by atoms with Gasteiger partial charge in [-0.2, -0.15) is 13.2 Å². The fraction of sp³-hybridized carbons (Fsp3) is 0.200. The van der Waals surface area contributed by atoms with E-state index in [4.69, 9.17) is 0 Å². The molecule has 7 heteroatoms. The first kappa shape index (κ1) is 16.4. The minimum atomic E-state index is -4.44. The van der Waals surface area contributed by atoms with Crippen molar-refractivity contribution in [1.82, 2.24) is 0 Å². The van der Waals surface area contributed by atoms with Crippen LogP contribution in [-0.2, 0) is 12.6 Å². The zero-order valence-corrected chi connectivity index (χ0v) is 12.4. The van der Waals surface area contributed by atoms with Crippen LogP contribution in [-0.4, -0.2) is 4.92 Å². The van der Waals surface area contributed by atoms with Crippen molar-refractivity contribution in [2.75, 3.05) is 0 Å². The summed E-state index contributed by atoms with van der Waals surface area (Å²) in [6, 6.07) is 9.67. The van der Waals surface area contributed by atoms with Crippen molar-refractivity contribution in [3.05, 3.63) is 63.7 Å². The molecule has 0 radical (unpaired) electrons. The van der Waals surface area contributed by atoms with Gasteiger partial charge in [0.25, 0.3) is 5.69 Å². The number of nitro groups is 1. The maximum atomic E-state index is 13.1. The van der Waals surface area contributed by atoms with Crippen LogP contribution in [0.5, 0.6) is 0 Å². The molecule has 0 fully saturated rings. The normalized spacial score (nSPS) is 11.5. The van der Waals surface area contributed by atoms with Gasteiger partial charge in [0, 0.05) is 21.9 Å². The Kier molecular flexibility index (Phi) is 4.75. The van der Waals surface area contributed by atoms with Crippen LogP contribution in [0, 0.1) is 10.1 Å². The van der Waals surface area contributed by atoms with E-state index in [9.17, 15) is 23.3 Å². The third-order valence-corrected chi connectivity index (χ3v) is 4.12. The molecule has 0 N–H and O–H groups in total. The standard InChI is InChI=1S/C15H12F3NO2S/c1-2-10-3-8-14(13(9-10)15(16,17)18)22-12-6-4-11(5-7-12)19(20)21/h3-9H,2H2,1H3. The summed E-state index contributed by atoms with van der Waals surface area (Å²) in [6.45, 7) is 1.79. The van der Waals surface area contributed by atoms with Gasteiger partial charge in [0.1, 0.15) is 0 Å². The van der Waals surface area contributed by atoms with E-state index in [1.165, 1.54) is 30.3 Å². The SMILES string of the molecule is CCc1ccc(Sc2ccc([N+](=O)[O-])cc2)c(C(F)(F)F)c1. The summed E-state index contributed by atoms with van der Waals surface area (Å²) in [5.74, 6) is 0. The fourth-order valence-corrected chi connectivity index (χ4v) is 2.82. The Balaban J connectivity index is 2.34. The summed E-state index contributed by atoms with van der Waals surface area (Å²) in [5.41, 5.74) is -0.169. The minimum Gasteiger partial charge on any atom is -0.258 e. The largest absolute Gasteiger partial charge is 0.417 e. The number of nitro benzene ring substituents is 1. The van der Waals surface area contributed by atoms with Gasteiger partial charge >= 0.3 is 6.18 Å². The molecular weight excluding hydrogens is 315 g/mol. The maximum Gasteiger partial charge on any atom is 0.417 e. The number of halogens is 3. The smallest absolute Gasteiger partial charge is 0.258 e. The lowest BCUT2D eigenvalue weighted by Gasteiger charge is -2.13. The Bertz CT molecular complexity index is 684. The van der Waals surface area contributed by atoms with Crippen LogP contribution in [0.3, 0.4) is 0 Å². The average molecular weight is 327 g/mol. The first-order valence-electron chi connectivity index (χ1n) is 6.43. The number of alkyl halides is 3. The van der Waals surface area contributed by atoms with Crippen molar-refractivity contribution in [3.8, 4) is 0 Å². The highest BCUT2D eigenvalue weighted by Gasteiger charge is 2.33. The van der Waals surface area contributed by atoms with E-state index < -0.39 is 16.7 Å². The lowest BCUT2D eigenvalue weighted by Crippen LogP contribution is -2.07. The van der Waals surface area contributed by atoms with Gasteiger partial charge in [-0.05, 0) is 36.2 Å². The summed E-state index contributed by atoms with van der Waals surface area (Å²) in [5, 5.41) is 10.6. The van der Waals surface area contributed by atoms with Crippen LogP contribution < -0.4 is 0 Å². The maximum absolute atomic E-state index is 13.1. The molecule has 2 rings (SSSR count). The van der Waals surface area contributed by atoms with Crippen molar-refractivity contribution in [2.24, 2.45) is 0 Å². The van der Waals surface area contributed by atoms with Gasteiger partial charge in [-0.1, -0.05) is 24.8 Å². The molecule has 0 saturated carbocycles. The molecule has 0 aliphatic heterocycles. The van der Waals surface area contributed by atoms with E-state index in [0.717, 1.165) is 17.8 Å². The summed E-state index contributed by atoms with van der Waals surface area (Å²) in [4.78, 5) is 10.6. The Labute approximate surface area is 129 Å². The molecule has 0 bridgehead atoms. The van der Waals surface area contributed by atoms with E-state index in [0.29, 0.717) is 16.9 Å². The Morgan fingerprint density at radius 3 is 2.27 bits per heavy atom. The van der Waals surface area contributed by atoms with Crippen molar-refractivity contribution < 1.29 is 18.1 Å². The van der Waals surface area contributed by atoms with Gasteiger partial charge in [-0.25, -0.2) is 0 Å². The molecule has 22 heavy (non-hydrogen) atoms. The molecule has 0 saturated heterocycles. The molecule has 0 unspecified atom stereocenters. The van der Waals surface area contributed by atoms with E-state index in [-0.39, 0.29) is 10.6 Å². The second-order valence-corrected chi connectivity index (χ2v) is 5.65. The predicted octanol–water partition coefficient (Wildman–Crippen LogP) is 5.33. The van der Waals surface area contributed by atoms with Gasteiger partial charge < -0.3 is 0 Å². The summed E-state index contributed by atoms with van der Waals surface area (Å²) >= 11 is 0.938. The first-order chi connectivity index (χ1) is 10.3. The lowest BCUT2D eigenvalue weighted by atomic mass is 10.1. The Morgan fingerprint density at radius 2 is 1.77 bits per heavy atom. The molecule has 0 aliphatic carbocycles. The number of rotatable bonds is 4. The number of nitrogens with zero attached hydrogens (tertiary/aromatic N) is 1. The number of hydrogen-bond acceptors (Lipinski definition) is 3. The van der Waals surface area contributed by atoms with Crippen molar-refractivity contribution >= 4 is 17.4 Å². The van der Waals surface area contributed by atoms with Crippen LogP contribution in [0.4, 0.5) is 18.9 Å². The highest BCUT2D eigenvalue weighted by atomic mass is 32.2. The van der Waals surface area contributed by atoms with E-state index in [1.54, 1.807) is 13.0 Å². The lowest BCUT2D eigenvalue weighted by molar-refractivity contribution is -0.384. The van der Waals surface area contributed by atoms with Gasteiger partial charge in [0.2, 0.25) is 0 Å². The second kappa shape index (κ2) is 6.39. The Morgan fingerprint density at radius 1 is 1.14 bits per heavy atom. The van der Waals surface area contributed by atoms with Crippen LogP contribution in [0.15, 0.2) is 52.3 Å². The van der Waals surface area contributed by atoms with Crippen molar-refractivity contribution in [3.63, 3.8) is 0 Å². The average Bonchev–Trinajstić information content (AvgIpc) is 2.47. The van der Waals surface area contributed by atoms with Crippen molar-refractivity contribution in [2.45, 2.75) is 29.3 Å². The molecule has 3 nitrogen and oxygen atoms in total. The molecule has 2 aromatic rings. The van der Waals surface area contributed by atoms with E-state index in [2.05, 4.69) is 0 Å². The Hall–Kier alpha value is -2.02. The van der Waals surface area contributed by atoms with Gasteiger partial charge in [0.05, 0.1) is 10.5 Å². The molecule has 0 aromatic heterocycles. The molecule has 0 heterocycles.